The predicted octanol–water partition coefficient (Wildman–Crippen LogP) is 8.46. The number of hydrogen-bond acceptors (Lipinski definition) is 0. The van der Waals surface area contributed by atoms with E-state index in [1.807, 2.05) is 6.07 Å². The molecule has 0 spiro atoms. The topological polar surface area (TPSA) is 4.93 Å². The lowest BCUT2D eigenvalue weighted by atomic mass is 9.98. The number of halogens is 1. The molecule has 1 nitrogen and oxygen atoms in total. The fraction of sp³-hybridized carbons (Fsp3) is 0.0714. The van der Waals surface area contributed by atoms with Crippen molar-refractivity contribution >= 4 is 49.7 Å². The van der Waals surface area contributed by atoms with Crippen LogP contribution in [0.4, 0.5) is 0 Å². The lowest BCUT2D eigenvalue weighted by Gasteiger charge is -2.18. The molecular weight excluding hydrogens is 386 g/mol. The molecule has 2 heteroatoms. The largest absolute Gasteiger partial charge is 0.312 e. The van der Waals surface area contributed by atoms with Gasteiger partial charge in [-0.15, -0.1) is 0 Å². The molecule has 30 heavy (non-hydrogen) atoms. The van der Waals surface area contributed by atoms with Crippen LogP contribution in [0.1, 0.15) is 12.8 Å². The number of fused-ring (bicyclic) bond motifs is 6. The van der Waals surface area contributed by atoms with E-state index in [0.29, 0.717) is 0 Å². The first-order valence-corrected chi connectivity index (χ1v) is 10.8. The van der Waals surface area contributed by atoms with Crippen molar-refractivity contribution in [3.63, 3.8) is 0 Å². The standard InChI is InChI=1S/C28H20ClN/c29-20-15-16-23-25(17-20)22-13-7-8-14-24(22)28-26(23)18-27(19-9-3-1-4-10-19)30(28)21-11-5-2-6-12-21/h1-5,7-11,13-18H,6,12H2. The Kier molecular flexibility index (Phi) is 4.04. The van der Waals surface area contributed by atoms with Gasteiger partial charge >= 0.3 is 0 Å². The van der Waals surface area contributed by atoms with Crippen molar-refractivity contribution < 1.29 is 0 Å². The highest BCUT2D eigenvalue weighted by atomic mass is 35.5. The van der Waals surface area contributed by atoms with Crippen molar-refractivity contribution in [3.05, 3.63) is 102 Å². The smallest absolute Gasteiger partial charge is 0.0616 e. The highest BCUT2D eigenvalue weighted by Crippen LogP contribution is 2.42. The van der Waals surface area contributed by atoms with Gasteiger partial charge in [0.15, 0.2) is 0 Å². The van der Waals surface area contributed by atoms with E-state index >= 15 is 0 Å². The summed E-state index contributed by atoms with van der Waals surface area (Å²) in [6.45, 7) is 0. The second-order valence-electron chi connectivity index (χ2n) is 7.85. The second kappa shape index (κ2) is 6.90. The second-order valence-corrected chi connectivity index (χ2v) is 8.29. The van der Waals surface area contributed by atoms with Crippen LogP contribution in [-0.4, -0.2) is 4.57 Å². The SMILES string of the molecule is Clc1ccc2c(c1)c1ccccc1c1c2cc(-c2ccccc2)n1C1=CC=CCC1. The van der Waals surface area contributed by atoms with Crippen LogP contribution in [0, 0.1) is 0 Å². The number of allylic oxidation sites excluding steroid dienone is 4. The predicted molar refractivity (Wildman–Crippen MR) is 130 cm³/mol. The molecular formula is C28H20ClN. The highest BCUT2D eigenvalue weighted by molar-refractivity contribution is 6.33. The first-order chi connectivity index (χ1) is 14.8. The summed E-state index contributed by atoms with van der Waals surface area (Å²) in [6.07, 6.45) is 8.79. The van der Waals surface area contributed by atoms with Crippen molar-refractivity contribution in [1.29, 1.82) is 0 Å². The van der Waals surface area contributed by atoms with Crippen LogP contribution < -0.4 is 0 Å². The molecule has 1 aromatic heterocycles. The summed E-state index contributed by atoms with van der Waals surface area (Å²) in [5.41, 5.74) is 5.08. The summed E-state index contributed by atoms with van der Waals surface area (Å²) in [5.74, 6) is 0. The molecule has 0 fully saturated rings. The van der Waals surface area contributed by atoms with Crippen LogP contribution in [0.2, 0.25) is 5.02 Å². The van der Waals surface area contributed by atoms with Gasteiger partial charge < -0.3 is 4.57 Å². The molecule has 0 N–H and O–H groups in total. The summed E-state index contributed by atoms with van der Waals surface area (Å²) in [6, 6.07) is 28.0. The summed E-state index contributed by atoms with van der Waals surface area (Å²) in [7, 11) is 0. The molecule has 0 amide bonds. The average molecular weight is 406 g/mol. The van der Waals surface area contributed by atoms with Crippen molar-refractivity contribution in [1.82, 2.24) is 4.57 Å². The Labute approximate surface area is 180 Å². The zero-order chi connectivity index (χ0) is 20.1. The zero-order valence-electron chi connectivity index (χ0n) is 16.5. The minimum atomic E-state index is 0.773. The maximum Gasteiger partial charge on any atom is 0.0616 e. The monoisotopic (exact) mass is 405 g/mol. The number of hydrogen-bond donors (Lipinski definition) is 0. The van der Waals surface area contributed by atoms with Gasteiger partial charge in [-0.05, 0) is 58.8 Å². The first kappa shape index (κ1) is 17.6. The fourth-order valence-electron chi connectivity index (χ4n) is 4.78. The Bertz CT molecular complexity index is 1490. The highest BCUT2D eigenvalue weighted by Gasteiger charge is 2.19. The molecule has 1 aliphatic rings. The molecule has 144 valence electrons. The van der Waals surface area contributed by atoms with Crippen molar-refractivity contribution in [2.24, 2.45) is 0 Å². The number of benzene rings is 4. The van der Waals surface area contributed by atoms with Crippen LogP contribution >= 0.6 is 11.6 Å². The van der Waals surface area contributed by atoms with Gasteiger partial charge in [-0.25, -0.2) is 0 Å². The summed E-state index contributed by atoms with van der Waals surface area (Å²) >= 11 is 6.40. The third-order valence-electron chi connectivity index (χ3n) is 6.09. The Morgan fingerprint density at radius 3 is 2.27 bits per heavy atom. The van der Waals surface area contributed by atoms with Crippen LogP contribution in [-0.2, 0) is 0 Å². The van der Waals surface area contributed by atoms with E-state index in [4.69, 9.17) is 11.6 Å². The van der Waals surface area contributed by atoms with Crippen molar-refractivity contribution in [3.8, 4) is 11.3 Å². The van der Waals surface area contributed by atoms with E-state index in [9.17, 15) is 0 Å². The third-order valence-corrected chi connectivity index (χ3v) is 6.33. The van der Waals surface area contributed by atoms with Gasteiger partial charge in [0.1, 0.15) is 0 Å². The number of rotatable bonds is 2. The molecule has 4 aromatic carbocycles. The fourth-order valence-corrected chi connectivity index (χ4v) is 4.95. The van der Waals surface area contributed by atoms with E-state index < -0.39 is 0 Å². The van der Waals surface area contributed by atoms with E-state index in [0.717, 1.165) is 17.9 Å². The summed E-state index contributed by atoms with van der Waals surface area (Å²) < 4.78 is 2.48. The molecule has 1 aliphatic carbocycles. The van der Waals surface area contributed by atoms with Gasteiger partial charge in [0, 0.05) is 21.5 Å². The normalized spacial score (nSPS) is 14.0. The van der Waals surface area contributed by atoms with E-state index in [2.05, 4.69) is 95.6 Å². The van der Waals surface area contributed by atoms with Gasteiger partial charge in [0.2, 0.25) is 0 Å². The van der Waals surface area contributed by atoms with Crippen molar-refractivity contribution in [2.45, 2.75) is 12.8 Å². The van der Waals surface area contributed by atoms with Crippen molar-refractivity contribution in [2.75, 3.05) is 0 Å². The summed E-state index contributed by atoms with van der Waals surface area (Å²) in [4.78, 5) is 0. The lowest BCUT2D eigenvalue weighted by Crippen LogP contribution is -2.01. The molecule has 5 aromatic rings. The lowest BCUT2D eigenvalue weighted by molar-refractivity contribution is 0.968. The molecule has 0 radical (unpaired) electrons. The summed E-state index contributed by atoms with van der Waals surface area (Å²) in [5, 5.41) is 7.01. The van der Waals surface area contributed by atoms with Gasteiger partial charge in [0.25, 0.3) is 0 Å². The molecule has 0 atom stereocenters. The first-order valence-electron chi connectivity index (χ1n) is 10.4. The van der Waals surface area contributed by atoms with Crippen LogP contribution in [0.3, 0.4) is 0 Å². The minimum Gasteiger partial charge on any atom is -0.312 e. The van der Waals surface area contributed by atoms with Gasteiger partial charge in [-0.1, -0.05) is 84.4 Å². The molecule has 0 saturated heterocycles. The molecule has 0 unspecified atom stereocenters. The molecule has 1 heterocycles. The average Bonchev–Trinajstić information content (AvgIpc) is 3.21. The third kappa shape index (κ3) is 2.63. The Morgan fingerprint density at radius 1 is 0.700 bits per heavy atom. The van der Waals surface area contributed by atoms with Crippen LogP contribution in [0.5, 0.6) is 0 Å². The number of aromatic nitrogens is 1. The Balaban J connectivity index is 1.86. The van der Waals surface area contributed by atoms with E-state index in [-0.39, 0.29) is 0 Å². The Hall–Kier alpha value is -3.29. The Morgan fingerprint density at radius 2 is 1.47 bits per heavy atom. The maximum absolute atomic E-state index is 6.40. The molecule has 0 saturated carbocycles. The van der Waals surface area contributed by atoms with Crippen LogP contribution in [0.25, 0.3) is 49.4 Å². The minimum absolute atomic E-state index is 0.773. The molecule has 0 bridgehead atoms. The van der Waals surface area contributed by atoms with Crippen LogP contribution in [0.15, 0.2) is 97.1 Å². The van der Waals surface area contributed by atoms with Gasteiger partial charge in [0.05, 0.1) is 11.2 Å². The molecule has 6 rings (SSSR count). The van der Waals surface area contributed by atoms with E-state index in [1.165, 1.54) is 49.4 Å². The van der Waals surface area contributed by atoms with Gasteiger partial charge in [-0.3, -0.25) is 0 Å². The van der Waals surface area contributed by atoms with E-state index in [1.54, 1.807) is 0 Å². The number of nitrogens with zero attached hydrogens (tertiary/aromatic N) is 1. The maximum atomic E-state index is 6.40. The van der Waals surface area contributed by atoms with Gasteiger partial charge in [-0.2, -0.15) is 0 Å². The zero-order valence-corrected chi connectivity index (χ0v) is 17.2. The molecule has 0 aliphatic heterocycles. The quantitative estimate of drug-likeness (QED) is 0.259.